The van der Waals surface area contributed by atoms with Crippen LogP contribution in [0, 0.1) is 0 Å². The molecule has 1 aliphatic heterocycles. The van der Waals surface area contributed by atoms with E-state index in [0.29, 0.717) is 27.9 Å². The molecule has 1 aliphatic rings. The number of halogens is 2. The van der Waals surface area contributed by atoms with E-state index in [1.807, 2.05) is 24.4 Å². The molecular weight excluding hydrogens is 353 g/mol. The molecule has 7 heteroatoms. The summed E-state index contributed by atoms with van der Waals surface area (Å²) in [5.41, 5.74) is 6.73. The first-order valence-corrected chi connectivity index (χ1v) is 9.15. The molecule has 0 radical (unpaired) electrons. The Morgan fingerprint density at radius 2 is 2.04 bits per heavy atom. The van der Waals surface area contributed by atoms with Crippen molar-refractivity contribution in [1.29, 1.82) is 0 Å². The van der Waals surface area contributed by atoms with E-state index in [-0.39, 0.29) is 0 Å². The van der Waals surface area contributed by atoms with Crippen LogP contribution in [0.1, 0.15) is 23.3 Å². The van der Waals surface area contributed by atoms with Crippen molar-refractivity contribution in [2.45, 2.75) is 32.1 Å². The molecular formula is C16H19Cl2N3OS. The summed E-state index contributed by atoms with van der Waals surface area (Å²) < 4.78 is 6.01. The summed E-state index contributed by atoms with van der Waals surface area (Å²) in [7, 11) is 0. The van der Waals surface area contributed by atoms with Gasteiger partial charge >= 0.3 is 0 Å². The maximum atomic E-state index is 6.03. The SMILES string of the molecule is Nc1ncc(CN2CCC(OCc3ccc(Cl)c(Cl)c3)CC2)s1. The Hall–Kier alpha value is -0.850. The van der Waals surface area contributed by atoms with E-state index in [4.69, 9.17) is 33.7 Å². The van der Waals surface area contributed by atoms with Gasteiger partial charge in [-0.1, -0.05) is 29.3 Å². The molecule has 124 valence electrons. The van der Waals surface area contributed by atoms with Gasteiger partial charge in [-0.05, 0) is 30.5 Å². The molecule has 0 spiro atoms. The summed E-state index contributed by atoms with van der Waals surface area (Å²) in [5, 5.41) is 1.79. The number of benzene rings is 1. The highest BCUT2D eigenvalue weighted by Crippen LogP contribution is 2.24. The monoisotopic (exact) mass is 371 g/mol. The first-order valence-electron chi connectivity index (χ1n) is 7.58. The number of nitrogens with zero attached hydrogens (tertiary/aromatic N) is 2. The van der Waals surface area contributed by atoms with Crippen molar-refractivity contribution in [3.05, 3.63) is 44.9 Å². The molecule has 0 aliphatic carbocycles. The number of nitrogen functional groups attached to an aromatic ring is 1. The largest absolute Gasteiger partial charge is 0.375 e. The molecule has 1 saturated heterocycles. The minimum Gasteiger partial charge on any atom is -0.375 e. The van der Waals surface area contributed by atoms with E-state index < -0.39 is 0 Å². The molecule has 1 aromatic carbocycles. The van der Waals surface area contributed by atoms with Gasteiger partial charge in [-0.2, -0.15) is 0 Å². The van der Waals surface area contributed by atoms with Crippen molar-refractivity contribution in [2.24, 2.45) is 0 Å². The van der Waals surface area contributed by atoms with Gasteiger partial charge in [0.1, 0.15) is 0 Å². The number of hydrogen-bond donors (Lipinski definition) is 1. The van der Waals surface area contributed by atoms with Gasteiger partial charge in [0.05, 0.1) is 22.8 Å². The van der Waals surface area contributed by atoms with Crippen molar-refractivity contribution in [2.75, 3.05) is 18.8 Å². The van der Waals surface area contributed by atoms with Gasteiger partial charge in [-0.25, -0.2) is 4.98 Å². The Morgan fingerprint density at radius 3 is 2.70 bits per heavy atom. The predicted molar refractivity (Wildman–Crippen MR) is 96.1 cm³/mol. The van der Waals surface area contributed by atoms with Gasteiger partial charge in [0.15, 0.2) is 5.13 Å². The summed E-state index contributed by atoms with van der Waals surface area (Å²) in [6.45, 7) is 3.56. The fourth-order valence-corrected chi connectivity index (χ4v) is 3.74. The maximum absolute atomic E-state index is 6.03. The number of ether oxygens (including phenoxy) is 1. The summed E-state index contributed by atoms with van der Waals surface area (Å²) >= 11 is 13.5. The Balaban J connectivity index is 1.43. The Kier molecular flexibility index (Phi) is 5.77. The summed E-state index contributed by atoms with van der Waals surface area (Å²) in [4.78, 5) is 7.74. The standard InChI is InChI=1S/C16H19Cl2N3OS/c17-14-2-1-11(7-15(14)18)10-22-12-3-5-21(6-4-12)9-13-8-20-16(19)23-13/h1-2,7-8,12H,3-6,9-10H2,(H2,19,20). The molecule has 2 heterocycles. The van der Waals surface area contributed by atoms with Gasteiger partial charge < -0.3 is 10.5 Å². The number of piperidine rings is 1. The number of aromatic nitrogens is 1. The number of anilines is 1. The van der Waals surface area contributed by atoms with Gasteiger partial charge in [-0.3, -0.25) is 4.90 Å². The zero-order valence-corrected chi connectivity index (χ0v) is 15.0. The molecule has 0 unspecified atom stereocenters. The van der Waals surface area contributed by atoms with Crippen LogP contribution in [0.2, 0.25) is 10.0 Å². The molecule has 23 heavy (non-hydrogen) atoms. The zero-order valence-electron chi connectivity index (χ0n) is 12.7. The van der Waals surface area contributed by atoms with Crippen LogP contribution in [0.15, 0.2) is 24.4 Å². The lowest BCUT2D eigenvalue weighted by Gasteiger charge is -2.31. The van der Waals surface area contributed by atoms with Crippen LogP contribution in [0.25, 0.3) is 0 Å². The van der Waals surface area contributed by atoms with E-state index in [9.17, 15) is 0 Å². The highest BCUT2D eigenvalue weighted by atomic mass is 35.5. The van der Waals surface area contributed by atoms with Crippen molar-refractivity contribution in [1.82, 2.24) is 9.88 Å². The second kappa shape index (κ2) is 7.81. The second-order valence-corrected chi connectivity index (χ2v) is 7.66. The van der Waals surface area contributed by atoms with Crippen LogP contribution in [0.3, 0.4) is 0 Å². The van der Waals surface area contributed by atoms with E-state index in [0.717, 1.165) is 38.0 Å². The van der Waals surface area contributed by atoms with Crippen molar-refractivity contribution in [3.63, 3.8) is 0 Å². The Bertz CT molecular complexity index is 657. The second-order valence-electron chi connectivity index (χ2n) is 5.70. The molecule has 4 nitrogen and oxygen atoms in total. The van der Waals surface area contributed by atoms with Crippen LogP contribution in [-0.2, 0) is 17.9 Å². The number of thiazole rings is 1. The minimum absolute atomic E-state index is 0.298. The summed E-state index contributed by atoms with van der Waals surface area (Å²) in [5.74, 6) is 0. The van der Waals surface area contributed by atoms with Crippen LogP contribution in [-0.4, -0.2) is 29.1 Å². The van der Waals surface area contributed by atoms with Crippen molar-refractivity contribution >= 4 is 39.7 Å². The van der Waals surface area contributed by atoms with Crippen LogP contribution in [0.4, 0.5) is 5.13 Å². The molecule has 1 fully saturated rings. The molecule has 0 amide bonds. The van der Waals surface area contributed by atoms with E-state index in [1.165, 1.54) is 4.88 Å². The number of likely N-dealkylation sites (tertiary alicyclic amines) is 1. The highest BCUT2D eigenvalue weighted by Gasteiger charge is 2.20. The number of hydrogen-bond acceptors (Lipinski definition) is 5. The molecule has 2 aromatic rings. The fourth-order valence-electron chi connectivity index (χ4n) is 2.69. The quantitative estimate of drug-likeness (QED) is 0.854. The zero-order chi connectivity index (χ0) is 16.2. The first kappa shape index (κ1) is 17.0. The highest BCUT2D eigenvalue weighted by molar-refractivity contribution is 7.15. The lowest BCUT2D eigenvalue weighted by Crippen LogP contribution is -2.36. The van der Waals surface area contributed by atoms with Crippen LogP contribution >= 0.6 is 34.5 Å². The minimum atomic E-state index is 0.298. The van der Waals surface area contributed by atoms with Gasteiger partial charge in [0.2, 0.25) is 0 Å². The number of rotatable bonds is 5. The summed E-state index contributed by atoms with van der Waals surface area (Å²) in [6.07, 6.45) is 4.24. The van der Waals surface area contributed by atoms with Crippen LogP contribution < -0.4 is 5.73 Å². The molecule has 0 bridgehead atoms. The predicted octanol–water partition coefficient (Wildman–Crippen LogP) is 4.21. The average Bonchev–Trinajstić information content (AvgIpc) is 2.95. The van der Waals surface area contributed by atoms with Crippen molar-refractivity contribution < 1.29 is 4.74 Å². The topological polar surface area (TPSA) is 51.4 Å². The van der Waals surface area contributed by atoms with Gasteiger partial charge in [-0.15, -0.1) is 11.3 Å². The number of nitrogens with two attached hydrogens (primary N) is 1. The molecule has 2 N–H and O–H groups in total. The Morgan fingerprint density at radius 1 is 1.26 bits per heavy atom. The van der Waals surface area contributed by atoms with Gasteiger partial charge in [0, 0.05) is 30.7 Å². The molecule has 0 atom stereocenters. The molecule has 0 saturated carbocycles. The maximum Gasteiger partial charge on any atom is 0.180 e. The molecule has 3 rings (SSSR count). The van der Waals surface area contributed by atoms with Crippen LogP contribution in [0.5, 0.6) is 0 Å². The summed E-state index contributed by atoms with van der Waals surface area (Å²) in [6, 6.07) is 5.64. The lowest BCUT2D eigenvalue weighted by atomic mass is 10.1. The third-order valence-electron chi connectivity index (χ3n) is 3.96. The normalized spacial score (nSPS) is 16.8. The van der Waals surface area contributed by atoms with E-state index in [1.54, 1.807) is 11.3 Å². The van der Waals surface area contributed by atoms with E-state index in [2.05, 4.69) is 9.88 Å². The smallest absolute Gasteiger partial charge is 0.180 e. The Labute approximate surface area is 150 Å². The van der Waals surface area contributed by atoms with Crippen molar-refractivity contribution in [3.8, 4) is 0 Å². The third-order valence-corrected chi connectivity index (χ3v) is 5.51. The van der Waals surface area contributed by atoms with E-state index >= 15 is 0 Å². The average molecular weight is 372 g/mol. The first-order chi connectivity index (χ1) is 11.1. The lowest BCUT2D eigenvalue weighted by molar-refractivity contribution is -0.00377. The van der Waals surface area contributed by atoms with Gasteiger partial charge in [0.25, 0.3) is 0 Å². The fraction of sp³-hybridized carbons (Fsp3) is 0.438. The molecule has 1 aromatic heterocycles. The third kappa shape index (κ3) is 4.81.